The first kappa shape index (κ1) is 15.8. The van der Waals surface area contributed by atoms with Gasteiger partial charge in [0, 0.05) is 11.1 Å². The Morgan fingerprint density at radius 2 is 1.21 bits per heavy atom. The van der Waals surface area contributed by atoms with Gasteiger partial charge in [0.2, 0.25) is 0 Å². The number of fused-ring (bicyclic) bond motifs is 4. The largest absolute Gasteiger partial charge is 0.457 e. The molecule has 0 saturated carbocycles. The Morgan fingerprint density at radius 3 is 2.07 bits per heavy atom. The third-order valence-electron chi connectivity index (χ3n) is 5.66. The zero-order valence-corrected chi connectivity index (χ0v) is 15.6. The van der Waals surface area contributed by atoms with Crippen molar-refractivity contribution in [3.05, 3.63) is 118 Å². The van der Waals surface area contributed by atoms with Crippen LogP contribution in [0, 0.1) is 0 Å². The number of halogens is 1. The van der Waals surface area contributed by atoms with Gasteiger partial charge in [-0.3, -0.25) is 0 Å². The Bertz CT molecular complexity index is 1230. The Labute approximate surface area is 167 Å². The fraction of sp³-hybridized carbons (Fsp3) is 0.0400. The summed E-state index contributed by atoms with van der Waals surface area (Å²) in [6.45, 7) is 0. The molecule has 28 heavy (non-hydrogen) atoms. The van der Waals surface area contributed by atoms with Gasteiger partial charge in [0.1, 0.15) is 17.2 Å². The normalized spacial score (nSPS) is 18.2. The van der Waals surface area contributed by atoms with E-state index < -0.39 is 5.41 Å². The molecular formula is C25H15ClO2. The molecule has 6 rings (SSSR count). The second-order valence-electron chi connectivity index (χ2n) is 7.06. The molecule has 0 aliphatic carbocycles. The molecule has 0 bridgehead atoms. The van der Waals surface area contributed by atoms with Crippen molar-refractivity contribution in [2.24, 2.45) is 0 Å². The van der Waals surface area contributed by atoms with Crippen LogP contribution in [0.3, 0.4) is 0 Å². The molecule has 2 nitrogen and oxygen atoms in total. The number of hydrogen-bond donors (Lipinski definition) is 0. The van der Waals surface area contributed by atoms with E-state index in [2.05, 4.69) is 42.5 Å². The van der Waals surface area contributed by atoms with E-state index in [1.807, 2.05) is 48.5 Å². The van der Waals surface area contributed by atoms with Crippen LogP contribution in [-0.2, 0) is 5.41 Å². The minimum Gasteiger partial charge on any atom is -0.457 e. The van der Waals surface area contributed by atoms with E-state index in [9.17, 15) is 0 Å². The molecule has 1 unspecified atom stereocenters. The van der Waals surface area contributed by atoms with Crippen molar-refractivity contribution >= 4 is 11.6 Å². The number of ether oxygens (including phenoxy) is 2. The van der Waals surface area contributed by atoms with Crippen LogP contribution in [0.25, 0.3) is 0 Å². The summed E-state index contributed by atoms with van der Waals surface area (Å²) in [5.41, 5.74) is 3.75. The number of hydrogen-bond acceptors (Lipinski definition) is 2. The molecule has 2 aliphatic heterocycles. The molecule has 0 saturated heterocycles. The zero-order valence-electron chi connectivity index (χ0n) is 14.9. The summed E-state index contributed by atoms with van der Waals surface area (Å²) < 4.78 is 12.6. The third kappa shape index (κ3) is 1.88. The second kappa shape index (κ2) is 5.63. The fourth-order valence-corrected chi connectivity index (χ4v) is 4.82. The molecule has 0 radical (unpaired) electrons. The van der Waals surface area contributed by atoms with Gasteiger partial charge in [0.25, 0.3) is 0 Å². The molecule has 4 aromatic rings. The minimum absolute atomic E-state index is 0.555. The van der Waals surface area contributed by atoms with Crippen LogP contribution in [0.4, 0.5) is 0 Å². The molecule has 2 heterocycles. The Morgan fingerprint density at radius 1 is 0.571 bits per heavy atom. The average molecular weight is 383 g/mol. The second-order valence-corrected chi connectivity index (χ2v) is 7.47. The highest BCUT2D eigenvalue weighted by molar-refractivity contribution is 6.32. The van der Waals surface area contributed by atoms with Crippen molar-refractivity contribution in [1.29, 1.82) is 0 Å². The summed E-state index contributed by atoms with van der Waals surface area (Å²) in [4.78, 5) is 0. The molecule has 0 N–H and O–H groups in total. The van der Waals surface area contributed by atoms with Gasteiger partial charge in [0.15, 0.2) is 5.75 Å². The lowest BCUT2D eigenvalue weighted by Crippen LogP contribution is -2.37. The van der Waals surface area contributed by atoms with E-state index in [0.717, 1.165) is 39.5 Å². The van der Waals surface area contributed by atoms with Crippen LogP contribution in [0.1, 0.15) is 22.3 Å². The molecule has 0 fully saturated rings. The summed E-state index contributed by atoms with van der Waals surface area (Å²) in [6.07, 6.45) is 0. The highest BCUT2D eigenvalue weighted by Crippen LogP contribution is 2.63. The SMILES string of the molecule is Clc1cccc2c1Oc1cccc3c1C2(c1ccccc1)c1ccccc1O3. The van der Waals surface area contributed by atoms with Gasteiger partial charge in [-0.2, -0.15) is 0 Å². The Balaban J connectivity index is 1.87. The quantitative estimate of drug-likeness (QED) is 0.307. The lowest BCUT2D eigenvalue weighted by Gasteiger charge is -2.45. The molecular weight excluding hydrogens is 368 g/mol. The maximum atomic E-state index is 6.61. The molecule has 2 aliphatic rings. The van der Waals surface area contributed by atoms with E-state index >= 15 is 0 Å². The van der Waals surface area contributed by atoms with E-state index in [1.165, 1.54) is 0 Å². The summed E-state index contributed by atoms with van der Waals surface area (Å²) in [5.74, 6) is 3.14. The zero-order chi connectivity index (χ0) is 18.7. The minimum atomic E-state index is -0.555. The van der Waals surface area contributed by atoms with Gasteiger partial charge in [0.05, 0.1) is 16.0 Å². The van der Waals surface area contributed by atoms with E-state index in [4.69, 9.17) is 21.1 Å². The van der Waals surface area contributed by atoms with E-state index in [1.54, 1.807) is 0 Å². The van der Waals surface area contributed by atoms with E-state index in [0.29, 0.717) is 10.8 Å². The Kier molecular flexibility index (Phi) is 3.18. The standard InChI is InChI=1S/C25H15ClO2/c26-19-12-6-11-18-24(19)28-22-15-7-14-21-23(22)25(18,16-8-2-1-3-9-16)17-10-4-5-13-20(17)27-21/h1-15H. The molecule has 3 heteroatoms. The van der Waals surface area contributed by atoms with Crippen LogP contribution < -0.4 is 9.47 Å². The monoisotopic (exact) mass is 382 g/mol. The topological polar surface area (TPSA) is 18.5 Å². The van der Waals surface area contributed by atoms with Gasteiger partial charge >= 0.3 is 0 Å². The number of rotatable bonds is 1. The van der Waals surface area contributed by atoms with Gasteiger partial charge < -0.3 is 9.47 Å². The summed E-state index contributed by atoms with van der Waals surface area (Å²) in [5, 5.41) is 0.604. The first-order valence-electron chi connectivity index (χ1n) is 9.23. The highest BCUT2D eigenvalue weighted by Gasteiger charge is 2.51. The van der Waals surface area contributed by atoms with Crippen molar-refractivity contribution in [2.45, 2.75) is 5.41 Å². The first-order valence-corrected chi connectivity index (χ1v) is 9.61. The molecule has 0 spiro atoms. The van der Waals surface area contributed by atoms with Crippen LogP contribution in [0.2, 0.25) is 5.02 Å². The van der Waals surface area contributed by atoms with Crippen LogP contribution >= 0.6 is 11.6 Å². The predicted octanol–water partition coefficient (Wildman–Crippen LogP) is 6.93. The summed E-state index contributed by atoms with van der Waals surface area (Å²) >= 11 is 6.61. The van der Waals surface area contributed by atoms with Crippen molar-refractivity contribution in [2.75, 3.05) is 0 Å². The van der Waals surface area contributed by atoms with Gasteiger partial charge in [-0.25, -0.2) is 0 Å². The molecule has 4 aromatic carbocycles. The van der Waals surface area contributed by atoms with E-state index in [-0.39, 0.29) is 0 Å². The first-order chi connectivity index (χ1) is 13.8. The van der Waals surface area contributed by atoms with Gasteiger partial charge in [-0.05, 0) is 29.8 Å². The lowest BCUT2D eigenvalue weighted by molar-refractivity contribution is 0.385. The summed E-state index contributed by atoms with van der Waals surface area (Å²) in [6, 6.07) is 30.7. The average Bonchev–Trinajstić information content (AvgIpc) is 2.75. The maximum Gasteiger partial charge on any atom is 0.150 e. The highest BCUT2D eigenvalue weighted by atomic mass is 35.5. The van der Waals surface area contributed by atoms with Gasteiger partial charge in [-0.1, -0.05) is 78.3 Å². The number of para-hydroxylation sites is 2. The predicted molar refractivity (Wildman–Crippen MR) is 110 cm³/mol. The summed E-state index contributed by atoms with van der Waals surface area (Å²) in [7, 11) is 0. The smallest absolute Gasteiger partial charge is 0.150 e. The van der Waals surface area contributed by atoms with Crippen LogP contribution in [0.5, 0.6) is 23.0 Å². The fourth-order valence-electron chi connectivity index (χ4n) is 4.61. The van der Waals surface area contributed by atoms with Crippen molar-refractivity contribution in [1.82, 2.24) is 0 Å². The molecule has 0 amide bonds. The lowest BCUT2D eigenvalue weighted by atomic mass is 9.62. The van der Waals surface area contributed by atoms with Crippen LogP contribution in [0.15, 0.2) is 91.0 Å². The molecule has 0 aromatic heterocycles. The molecule has 1 atom stereocenters. The van der Waals surface area contributed by atoms with Crippen molar-refractivity contribution < 1.29 is 9.47 Å². The maximum absolute atomic E-state index is 6.61. The van der Waals surface area contributed by atoms with Crippen molar-refractivity contribution in [3.8, 4) is 23.0 Å². The van der Waals surface area contributed by atoms with Crippen LogP contribution in [-0.4, -0.2) is 0 Å². The van der Waals surface area contributed by atoms with Gasteiger partial charge in [-0.15, -0.1) is 0 Å². The number of benzene rings is 4. The van der Waals surface area contributed by atoms with Crippen molar-refractivity contribution in [3.63, 3.8) is 0 Å². The molecule has 134 valence electrons. The Hall–Kier alpha value is -3.23. The third-order valence-corrected chi connectivity index (χ3v) is 5.96.